The van der Waals surface area contributed by atoms with Crippen molar-refractivity contribution in [3.63, 3.8) is 0 Å². The average molecular weight is 212 g/mol. The lowest BCUT2D eigenvalue weighted by molar-refractivity contribution is -0.119. The lowest BCUT2D eigenvalue weighted by Gasteiger charge is -1.85. The summed E-state index contributed by atoms with van der Waals surface area (Å²) in [6, 6.07) is 0. The van der Waals surface area contributed by atoms with Gasteiger partial charge in [0.25, 0.3) is 5.91 Å². The first-order valence-electron chi connectivity index (χ1n) is 2.16. The van der Waals surface area contributed by atoms with E-state index in [1.807, 2.05) is 6.92 Å². The Morgan fingerprint density at radius 3 is 2.57 bits per heavy atom. The number of halogens is 1. The zero-order valence-electron chi connectivity index (χ0n) is 4.15. The molecule has 0 spiro atoms. The summed E-state index contributed by atoms with van der Waals surface area (Å²) >= 11 is 1.71. The first-order valence-corrected chi connectivity index (χ1v) is 3.12. The van der Waals surface area contributed by atoms with E-state index < -0.39 is 0 Å². The van der Waals surface area contributed by atoms with Crippen LogP contribution in [-0.4, -0.2) is 5.91 Å². The van der Waals surface area contributed by atoms with Gasteiger partial charge >= 0.3 is 0 Å². The lowest BCUT2D eigenvalue weighted by Crippen LogP contribution is -2.02. The zero-order valence-corrected chi connectivity index (χ0v) is 6.31. The van der Waals surface area contributed by atoms with Gasteiger partial charge in [-0.15, -0.1) is 0 Å². The Balaban J connectivity index is 3.00. The molecular weight excluding hydrogens is 205 g/mol. The SMILES string of the molecule is CCCC(=O)[N]I. The minimum absolute atomic E-state index is 0.0110. The minimum atomic E-state index is -0.0110. The van der Waals surface area contributed by atoms with Gasteiger partial charge in [0.2, 0.25) is 0 Å². The maximum atomic E-state index is 10.2. The highest BCUT2D eigenvalue weighted by Crippen LogP contribution is 1.88. The summed E-state index contributed by atoms with van der Waals surface area (Å²) in [6.45, 7) is 1.96. The zero-order chi connectivity index (χ0) is 5.70. The molecule has 0 bridgehead atoms. The van der Waals surface area contributed by atoms with Crippen molar-refractivity contribution in [2.24, 2.45) is 0 Å². The fraction of sp³-hybridized carbons (Fsp3) is 0.750. The standard InChI is InChI=1S/C4H7INO/c1-2-3-4(7)6-5/h2-3H2,1H3. The van der Waals surface area contributed by atoms with Gasteiger partial charge in [-0.05, 0) is 6.42 Å². The molecule has 0 aromatic rings. The highest BCUT2D eigenvalue weighted by atomic mass is 127. The van der Waals surface area contributed by atoms with Gasteiger partial charge in [0, 0.05) is 6.42 Å². The second-order valence-corrected chi connectivity index (χ2v) is 1.71. The molecule has 0 aromatic heterocycles. The summed E-state index contributed by atoms with van der Waals surface area (Å²) in [5.41, 5.74) is 0. The molecule has 0 fully saturated rings. The number of carbonyl (C=O) groups excluding carboxylic acids is 1. The molecule has 41 valence electrons. The van der Waals surface area contributed by atoms with Crippen LogP contribution in [-0.2, 0) is 4.79 Å². The summed E-state index contributed by atoms with van der Waals surface area (Å²) in [4.78, 5) is 10.2. The van der Waals surface area contributed by atoms with E-state index in [0.29, 0.717) is 6.42 Å². The molecule has 1 amide bonds. The van der Waals surface area contributed by atoms with E-state index in [9.17, 15) is 4.79 Å². The molecule has 0 aliphatic rings. The topological polar surface area (TPSA) is 31.2 Å². The minimum Gasteiger partial charge on any atom is -0.272 e. The molecule has 0 saturated carbocycles. The Bertz CT molecular complexity index is 64.7. The Kier molecular flexibility index (Phi) is 4.49. The first kappa shape index (κ1) is 7.20. The smallest absolute Gasteiger partial charge is 0.251 e. The van der Waals surface area contributed by atoms with Crippen molar-refractivity contribution in [2.45, 2.75) is 19.8 Å². The van der Waals surface area contributed by atoms with E-state index in [0.717, 1.165) is 6.42 Å². The van der Waals surface area contributed by atoms with Crippen LogP contribution in [0.3, 0.4) is 0 Å². The van der Waals surface area contributed by atoms with Crippen molar-refractivity contribution < 1.29 is 4.79 Å². The Hall–Kier alpha value is 0.200. The van der Waals surface area contributed by atoms with E-state index in [2.05, 4.69) is 3.53 Å². The summed E-state index contributed by atoms with van der Waals surface area (Å²) < 4.78 is 3.41. The normalized spacial score (nSPS) is 8.29. The number of amides is 1. The fourth-order valence-corrected chi connectivity index (χ4v) is 0.497. The van der Waals surface area contributed by atoms with Crippen LogP contribution < -0.4 is 3.53 Å². The van der Waals surface area contributed by atoms with E-state index in [1.165, 1.54) is 0 Å². The van der Waals surface area contributed by atoms with Crippen LogP contribution in [0.2, 0.25) is 0 Å². The van der Waals surface area contributed by atoms with E-state index in [1.54, 1.807) is 22.9 Å². The summed E-state index contributed by atoms with van der Waals surface area (Å²) in [7, 11) is 0. The van der Waals surface area contributed by atoms with Crippen LogP contribution in [0.4, 0.5) is 0 Å². The van der Waals surface area contributed by atoms with E-state index in [-0.39, 0.29) is 5.91 Å². The molecule has 0 unspecified atom stereocenters. The molecular formula is C4H7INO. The van der Waals surface area contributed by atoms with Crippen molar-refractivity contribution in [1.82, 2.24) is 3.53 Å². The van der Waals surface area contributed by atoms with E-state index in [4.69, 9.17) is 0 Å². The molecule has 7 heavy (non-hydrogen) atoms. The Labute approximate surface area is 57.2 Å². The molecule has 0 saturated heterocycles. The van der Waals surface area contributed by atoms with Crippen molar-refractivity contribution in [2.75, 3.05) is 0 Å². The average Bonchev–Trinajstić information content (AvgIpc) is 1.68. The molecule has 0 atom stereocenters. The Morgan fingerprint density at radius 1 is 1.86 bits per heavy atom. The third kappa shape index (κ3) is 4.04. The van der Waals surface area contributed by atoms with Crippen molar-refractivity contribution >= 4 is 28.8 Å². The predicted octanol–water partition coefficient (Wildman–Crippen LogP) is 1.27. The number of hydrogen-bond acceptors (Lipinski definition) is 1. The highest BCUT2D eigenvalue weighted by molar-refractivity contribution is 14.1. The highest BCUT2D eigenvalue weighted by Gasteiger charge is 1.93. The van der Waals surface area contributed by atoms with Crippen molar-refractivity contribution in [1.29, 1.82) is 0 Å². The molecule has 0 aliphatic heterocycles. The Morgan fingerprint density at radius 2 is 2.43 bits per heavy atom. The third-order valence-corrected chi connectivity index (χ3v) is 1.10. The summed E-state index contributed by atoms with van der Waals surface area (Å²) in [5, 5.41) is 0. The van der Waals surface area contributed by atoms with Crippen molar-refractivity contribution in [3.05, 3.63) is 0 Å². The summed E-state index contributed by atoms with van der Waals surface area (Å²) in [6.07, 6.45) is 1.48. The van der Waals surface area contributed by atoms with Gasteiger partial charge in [-0.25, -0.2) is 0 Å². The van der Waals surface area contributed by atoms with Gasteiger partial charge in [0.1, 0.15) is 0 Å². The second-order valence-electron chi connectivity index (χ2n) is 1.23. The van der Waals surface area contributed by atoms with Crippen LogP contribution in [0.25, 0.3) is 0 Å². The molecule has 0 rings (SSSR count). The predicted molar refractivity (Wildman–Crippen MR) is 36.1 cm³/mol. The van der Waals surface area contributed by atoms with Crippen LogP contribution in [0, 0.1) is 0 Å². The lowest BCUT2D eigenvalue weighted by atomic mass is 10.3. The molecule has 3 heteroatoms. The molecule has 0 heterocycles. The van der Waals surface area contributed by atoms with Gasteiger partial charge < -0.3 is 0 Å². The first-order chi connectivity index (χ1) is 3.31. The van der Waals surface area contributed by atoms with Gasteiger partial charge in [0.15, 0.2) is 0 Å². The van der Waals surface area contributed by atoms with Gasteiger partial charge in [-0.2, -0.15) is 3.53 Å². The van der Waals surface area contributed by atoms with Gasteiger partial charge in [-0.3, -0.25) is 4.79 Å². The fourth-order valence-electron chi connectivity index (χ4n) is 0.256. The number of nitrogens with zero attached hydrogens (tertiary/aromatic N) is 1. The molecule has 0 aromatic carbocycles. The van der Waals surface area contributed by atoms with Crippen LogP contribution in [0.15, 0.2) is 0 Å². The quantitative estimate of drug-likeness (QED) is 0.634. The van der Waals surface area contributed by atoms with Crippen molar-refractivity contribution in [3.8, 4) is 0 Å². The maximum absolute atomic E-state index is 10.2. The number of carbonyl (C=O) groups is 1. The molecule has 2 nitrogen and oxygen atoms in total. The van der Waals surface area contributed by atoms with Gasteiger partial charge in [-0.1, -0.05) is 6.92 Å². The number of hydrogen-bond donors (Lipinski definition) is 0. The van der Waals surface area contributed by atoms with Crippen LogP contribution in [0.5, 0.6) is 0 Å². The number of rotatable bonds is 2. The van der Waals surface area contributed by atoms with Crippen LogP contribution in [0.1, 0.15) is 19.8 Å². The monoisotopic (exact) mass is 212 g/mol. The second kappa shape index (κ2) is 4.36. The van der Waals surface area contributed by atoms with E-state index >= 15 is 0 Å². The molecule has 0 aliphatic carbocycles. The van der Waals surface area contributed by atoms with Gasteiger partial charge in [0.05, 0.1) is 22.9 Å². The third-order valence-electron chi connectivity index (χ3n) is 0.558. The molecule has 0 N–H and O–H groups in total. The summed E-state index contributed by atoms with van der Waals surface area (Å²) in [5.74, 6) is -0.0110. The maximum Gasteiger partial charge on any atom is 0.251 e. The molecule has 1 radical (unpaired) electrons. The van der Waals surface area contributed by atoms with Crippen LogP contribution >= 0.6 is 22.9 Å². The largest absolute Gasteiger partial charge is 0.272 e.